The van der Waals surface area contributed by atoms with Crippen LogP contribution in [-0.2, 0) is 6.54 Å². The summed E-state index contributed by atoms with van der Waals surface area (Å²) >= 11 is 6.47. The maximum Gasteiger partial charge on any atom is 0.272 e. The van der Waals surface area contributed by atoms with E-state index in [9.17, 15) is 8.78 Å². The number of rotatable bonds is 4. The van der Waals surface area contributed by atoms with Gasteiger partial charge >= 0.3 is 0 Å². The summed E-state index contributed by atoms with van der Waals surface area (Å²) in [6.07, 6.45) is -2.49. The van der Waals surface area contributed by atoms with Crippen LogP contribution >= 0.6 is 31.9 Å². The molecule has 0 atom stereocenters. The average molecular weight is 345 g/mol. The van der Waals surface area contributed by atoms with E-state index in [1.807, 2.05) is 0 Å². The van der Waals surface area contributed by atoms with Gasteiger partial charge in [0.1, 0.15) is 12.4 Å². The molecule has 0 aliphatic heterocycles. The molecule has 15 heavy (non-hydrogen) atoms. The summed E-state index contributed by atoms with van der Waals surface area (Å²) in [4.78, 5) is 0. The summed E-state index contributed by atoms with van der Waals surface area (Å²) in [5, 5.41) is 0. The Morgan fingerprint density at radius 3 is 2.20 bits per heavy atom. The van der Waals surface area contributed by atoms with Crippen molar-refractivity contribution >= 4 is 31.9 Å². The molecule has 0 radical (unpaired) electrons. The van der Waals surface area contributed by atoms with Gasteiger partial charge in [-0.1, -0.05) is 0 Å². The lowest BCUT2D eigenvalue weighted by molar-refractivity contribution is 0.0811. The molecule has 0 spiro atoms. The van der Waals surface area contributed by atoms with Crippen LogP contribution in [0.25, 0.3) is 0 Å². The first-order chi connectivity index (χ1) is 7.04. The summed E-state index contributed by atoms with van der Waals surface area (Å²) < 4.78 is 30.1. The van der Waals surface area contributed by atoms with Gasteiger partial charge in [0.25, 0.3) is 6.43 Å². The fraction of sp³-hybridized carbons (Fsp3) is 0.333. The summed E-state index contributed by atoms with van der Waals surface area (Å²) in [7, 11) is 0. The minimum atomic E-state index is -2.49. The molecule has 84 valence electrons. The minimum Gasteiger partial charge on any atom is -0.485 e. The van der Waals surface area contributed by atoms with E-state index < -0.39 is 13.0 Å². The lowest BCUT2D eigenvalue weighted by Gasteiger charge is -2.11. The Morgan fingerprint density at radius 1 is 1.27 bits per heavy atom. The fourth-order valence-corrected chi connectivity index (χ4v) is 2.52. The van der Waals surface area contributed by atoms with Crippen molar-refractivity contribution in [3.63, 3.8) is 0 Å². The van der Waals surface area contributed by atoms with E-state index in [-0.39, 0.29) is 0 Å². The van der Waals surface area contributed by atoms with Crippen LogP contribution in [0.5, 0.6) is 5.75 Å². The Hall–Kier alpha value is -0.200. The van der Waals surface area contributed by atoms with E-state index in [0.29, 0.717) is 21.2 Å². The molecule has 1 aromatic carbocycles. The molecule has 0 amide bonds. The van der Waals surface area contributed by atoms with E-state index in [4.69, 9.17) is 10.5 Å². The highest BCUT2D eigenvalue weighted by Gasteiger charge is 2.11. The van der Waals surface area contributed by atoms with Gasteiger partial charge in [-0.3, -0.25) is 0 Å². The van der Waals surface area contributed by atoms with Gasteiger partial charge in [-0.05, 0) is 49.6 Å². The monoisotopic (exact) mass is 343 g/mol. The van der Waals surface area contributed by atoms with Gasteiger partial charge in [0.15, 0.2) is 0 Å². The zero-order chi connectivity index (χ0) is 11.4. The molecule has 2 N–H and O–H groups in total. The number of benzene rings is 1. The van der Waals surface area contributed by atoms with Crippen molar-refractivity contribution < 1.29 is 13.5 Å². The second kappa shape index (κ2) is 5.77. The van der Waals surface area contributed by atoms with Crippen LogP contribution < -0.4 is 10.5 Å². The standard InChI is InChI=1S/C9H9Br2F2NO/c10-6-1-5(3-14)2-7(11)9(6)15-4-8(12)13/h1-2,8H,3-4,14H2. The minimum absolute atomic E-state index is 0.368. The molecule has 0 saturated carbocycles. The lowest BCUT2D eigenvalue weighted by atomic mass is 10.2. The van der Waals surface area contributed by atoms with Crippen molar-refractivity contribution in [3.05, 3.63) is 26.6 Å². The molecular weight excluding hydrogens is 336 g/mol. The van der Waals surface area contributed by atoms with Crippen molar-refractivity contribution in [1.29, 1.82) is 0 Å². The second-order valence-corrected chi connectivity index (χ2v) is 4.50. The predicted octanol–water partition coefficient (Wildman–Crippen LogP) is 3.31. The maximum atomic E-state index is 12.0. The van der Waals surface area contributed by atoms with E-state index >= 15 is 0 Å². The normalized spacial score (nSPS) is 10.8. The summed E-state index contributed by atoms with van der Waals surface area (Å²) in [5.74, 6) is 0.368. The van der Waals surface area contributed by atoms with Gasteiger partial charge in [-0.15, -0.1) is 0 Å². The molecule has 6 heteroatoms. The number of halogens is 4. The average Bonchev–Trinajstić information content (AvgIpc) is 2.15. The van der Waals surface area contributed by atoms with Crippen LogP contribution in [0, 0.1) is 0 Å². The zero-order valence-electron chi connectivity index (χ0n) is 7.64. The van der Waals surface area contributed by atoms with Crippen molar-refractivity contribution in [2.24, 2.45) is 5.73 Å². The molecule has 0 fully saturated rings. The number of ether oxygens (including phenoxy) is 1. The molecule has 0 heterocycles. The largest absolute Gasteiger partial charge is 0.485 e. The van der Waals surface area contributed by atoms with Gasteiger partial charge in [-0.25, -0.2) is 8.78 Å². The third kappa shape index (κ3) is 3.70. The van der Waals surface area contributed by atoms with E-state index in [1.165, 1.54) is 0 Å². The quantitative estimate of drug-likeness (QED) is 0.909. The lowest BCUT2D eigenvalue weighted by Crippen LogP contribution is -2.08. The Kier molecular flexibility index (Phi) is 4.95. The topological polar surface area (TPSA) is 35.2 Å². The molecule has 0 aliphatic rings. The molecule has 0 saturated heterocycles. The molecular formula is C9H9Br2F2NO. The molecule has 0 aromatic heterocycles. The van der Waals surface area contributed by atoms with Crippen molar-refractivity contribution in [3.8, 4) is 5.75 Å². The van der Waals surface area contributed by atoms with Gasteiger partial charge < -0.3 is 10.5 Å². The highest BCUT2D eigenvalue weighted by Crippen LogP contribution is 2.34. The molecule has 1 aromatic rings. The Balaban J connectivity index is 2.88. The van der Waals surface area contributed by atoms with Crippen LogP contribution in [0.4, 0.5) is 8.78 Å². The molecule has 1 rings (SSSR count). The Labute approximate surface area is 103 Å². The van der Waals surface area contributed by atoms with Crippen LogP contribution in [0.3, 0.4) is 0 Å². The van der Waals surface area contributed by atoms with Crippen LogP contribution in [-0.4, -0.2) is 13.0 Å². The predicted molar refractivity (Wildman–Crippen MR) is 61.2 cm³/mol. The van der Waals surface area contributed by atoms with Crippen LogP contribution in [0.2, 0.25) is 0 Å². The van der Waals surface area contributed by atoms with E-state index in [1.54, 1.807) is 12.1 Å². The molecule has 0 bridgehead atoms. The van der Waals surface area contributed by atoms with Gasteiger partial charge in [0.2, 0.25) is 0 Å². The molecule has 0 aliphatic carbocycles. The first kappa shape index (κ1) is 12.9. The van der Waals surface area contributed by atoms with Crippen LogP contribution in [0.15, 0.2) is 21.1 Å². The molecule has 0 unspecified atom stereocenters. The third-order valence-electron chi connectivity index (χ3n) is 1.65. The first-order valence-electron chi connectivity index (χ1n) is 4.13. The first-order valence-corrected chi connectivity index (χ1v) is 5.72. The van der Waals surface area contributed by atoms with E-state index in [2.05, 4.69) is 31.9 Å². The summed E-state index contributed by atoms with van der Waals surface area (Å²) in [6, 6.07) is 3.48. The fourth-order valence-electron chi connectivity index (χ4n) is 1.01. The summed E-state index contributed by atoms with van der Waals surface area (Å²) in [5.41, 5.74) is 6.34. The van der Waals surface area contributed by atoms with Crippen LogP contribution in [0.1, 0.15) is 5.56 Å². The van der Waals surface area contributed by atoms with E-state index in [0.717, 1.165) is 5.56 Å². The molecule has 2 nitrogen and oxygen atoms in total. The summed E-state index contributed by atoms with van der Waals surface area (Å²) in [6.45, 7) is -0.245. The van der Waals surface area contributed by atoms with Gasteiger partial charge in [0, 0.05) is 6.54 Å². The van der Waals surface area contributed by atoms with Crippen molar-refractivity contribution in [1.82, 2.24) is 0 Å². The third-order valence-corrected chi connectivity index (χ3v) is 2.83. The number of nitrogens with two attached hydrogens (primary N) is 1. The number of alkyl halides is 2. The second-order valence-electron chi connectivity index (χ2n) is 2.79. The Bertz CT molecular complexity index is 324. The number of hydrogen-bond acceptors (Lipinski definition) is 2. The smallest absolute Gasteiger partial charge is 0.272 e. The SMILES string of the molecule is NCc1cc(Br)c(OCC(F)F)c(Br)c1. The highest BCUT2D eigenvalue weighted by atomic mass is 79.9. The number of hydrogen-bond donors (Lipinski definition) is 1. The highest BCUT2D eigenvalue weighted by molar-refractivity contribution is 9.11. The maximum absolute atomic E-state index is 12.0. The van der Waals surface area contributed by atoms with Gasteiger partial charge in [0.05, 0.1) is 8.95 Å². The van der Waals surface area contributed by atoms with Gasteiger partial charge in [-0.2, -0.15) is 0 Å². The zero-order valence-corrected chi connectivity index (χ0v) is 10.8. The van der Waals surface area contributed by atoms with Crippen molar-refractivity contribution in [2.75, 3.05) is 6.61 Å². The Morgan fingerprint density at radius 2 is 1.80 bits per heavy atom. The van der Waals surface area contributed by atoms with Crippen molar-refractivity contribution in [2.45, 2.75) is 13.0 Å².